The topological polar surface area (TPSA) is 78.9 Å². The van der Waals surface area contributed by atoms with Crippen LogP contribution >= 0.6 is 23.2 Å². The van der Waals surface area contributed by atoms with Crippen LogP contribution in [0, 0.1) is 6.92 Å². The molecule has 0 radical (unpaired) electrons. The fourth-order valence-electron chi connectivity index (χ4n) is 4.91. The third-order valence-electron chi connectivity index (χ3n) is 7.18. The molecule has 0 aliphatic carbocycles. The Morgan fingerprint density at radius 1 is 1.00 bits per heavy atom. The van der Waals surface area contributed by atoms with E-state index in [0.29, 0.717) is 49.9 Å². The summed E-state index contributed by atoms with van der Waals surface area (Å²) >= 11 is 12.3. The summed E-state index contributed by atoms with van der Waals surface area (Å²) in [5, 5.41) is 9.56. The van der Waals surface area contributed by atoms with Crippen molar-refractivity contribution in [2.75, 3.05) is 50.8 Å². The van der Waals surface area contributed by atoms with Gasteiger partial charge in [0.15, 0.2) is 5.82 Å². The standard InChI is InChI=1S/C29H31Cl2N5O3/c1-20-4-6-21(7-5-20)26-10-11-27(33-32-26)34-12-14-35(15-13-34)28(37)19-36(18-23-3-2-16-39-23)29(38)24-9-8-22(30)17-25(24)31/h4-11,17,23H,2-3,12-16,18-19H2,1H3. The van der Waals surface area contributed by atoms with Crippen molar-refractivity contribution < 1.29 is 14.3 Å². The number of anilines is 1. The molecule has 2 aliphatic rings. The van der Waals surface area contributed by atoms with Crippen LogP contribution in [-0.2, 0) is 9.53 Å². The van der Waals surface area contributed by atoms with Crippen LogP contribution in [0.5, 0.6) is 0 Å². The lowest BCUT2D eigenvalue weighted by Crippen LogP contribution is -2.52. The Morgan fingerprint density at radius 2 is 1.77 bits per heavy atom. The zero-order valence-corrected chi connectivity index (χ0v) is 23.4. The first-order valence-electron chi connectivity index (χ1n) is 13.2. The van der Waals surface area contributed by atoms with E-state index in [1.54, 1.807) is 21.9 Å². The molecular weight excluding hydrogens is 537 g/mol. The van der Waals surface area contributed by atoms with Crippen molar-refractivity contribution in [1.29, 1.82) is 0 Å². The van der Waals surface area contributed by atoms with Gasteiger partial charge < -0.3 is 19.4 Å². The second kappa shape index (κ2) is 12.3. The van der Waals surface area contributed by atoms with Crippen LogP contribution in [0.1, 0.15) is 28.8 Å². The van der Waals surface area contributed by atoms with Crippen molar-refractivity contribution in [3.05, 3.63) is 75.8 Å². The largest absolute Gasteiger partial charge is 0.376 e. The maximum Gasteiger partial charge on any atom is 0.255 e. The summed E-state index contributed by atoms with van der Waals surface area (Å²) in [6.45, 7) is 5.35. The van der Waals surface area contributed by atoms with Gasteiger partial charge in [0.2, 0.25) is 5.91 Å². The van der Waals surface area contributed by atoms with E-state index in [4.69, 9.17) is 27.9 Å². The monoisotopic (exact) mass is 567 g/mol. The average molecular weight is 569 g/mol. The van der Waals surface area contributed by atoms with Gasteiger partial charge in [0.25, 0.3) is 5.91 Å². The van der Waals surface area contributed by atoms with E-state index in [9.17, 15) is 9.59 Å². The van der Waals surface area contributed by atoms with Crippen LogP contribution < -0.4 is 4.90 Å². The number of amides is 2. The highest BCUT2D eigenvalue weighted by Crippen LogP contribution is 2.24. The number of hydrogen-bond acceptors (Lipinski definition) is 6. The molecule has 2 aromatic carbocycles. The number of aryl methyl sites for hydroxylation is 1. The lowest BCUT2D eigenvalue weighted by molar-refractivity contribution is -0.132. The normalized spacial score (nSPS) is 17.4. The van der Waals surface area contributed by atoms with E-state index < -0.39 is 0 Å². The van der Waals surface area contributed by atoms with Crippen LogP contribution in [0.15, 0.2) is 54.6 Å². The van der Waals surface area contributed by atoms with Gasteiger partial charge in [-0.05, 0) is 50.1 Å². The molecule has 0 saturated carbocycles. The van der Waals surface area contributed by atoms with Gasteiger partial charge in [-0.3, -0.25) is 9.59 Å². The van der Waals surface area contributed by atoms with Crippen molar-refractivity contribution in [1.82, 2.24) is 20.0 Å². The van der Waals surface area contributed by atoms with E-state index in [1.165, 1.54) is 11.6 Å². The Bertz CT molecular complexity index is 1310. The van der Waals surface area contributed by atoms with E-state index in [2.05, 4.69) is 34.2 Å². The Hall–Kier alpha value is -3.20. The van der Waals surface area contributed by atoms with Crippen LogP contribution in [0.4, 0.5) is 5.82 Å². The Balaban J connectivity index is 1.21. The lowest BCUT2D eigenvalue weighted by Gasteiger charge is -2.36. The Morgan fingerprint density at radius 3 is 2.41 bits per heavy atom. The predicted molar refractivity (Wildman–Crippen MR) is 152 cm³/mol. The zero-order chi connectivity index (χ0) is 27.4. The third-order valence-corrected chi connectivity index (χ3v) is 7.72. The number of halogens is 2. The van der Waals surface area contributed by atoms with Gasteiger partial charge in [0.05, 0.1) is 22.4 Å². The Labute approximate surface area is 238 Å². The number of piperazine rings is 1. The van der Waals surface area contributed by atoms with Gasteiger partial charge in [-0.1, -0.05) is 53.0 Å². The van der Waals surface area contributed by atoms with Gasteiger partial charge in [0, 0.05) is 49.9 Å². The number of carbonyl (C=O) groups excluding carboxylic acids is 2. The summed E-state index contributed by atoms with van der Waals surface area (Å²) in [4.78, 5) is 32.2. The second-order valence-electron chi connectivity index (χ2n) is 9.96. The summed E-state index contributed by atoms with van der Waals surface area (Å²) in [6.07, 6.45) is 1.71. The predicted octanol–water partition coefficient (Wildman–Crippen LogP) is 4.73. The quantitative estimate of drug-likeness (QED) is 0.410. The van der Waals surface area contributed by atoms with Crippen LogP contribution in [-0.4, -0.2) is 83.8 Å². The van der Waals surface area contributed by atoms with E-state index >= 15 is 0 Å². The van der Waals surface area contributed by atoms with Gasteiger partial charge in [-0.25, -0.2) is 0 Å². The van der Waals surface area contributed by atoms with E-state index in [-0.39, 0.29) is 29.5 Å². The smallest absolute Gasteiger partial charge is 0.255 e. The molecule has 1 aromatic heterocycles. The van der Waals surface area contributed by atoms with Gasteiger partial charge in [-0.2, -0.15) is 0 Å². The van der Waals surface area contributed by atoms with Crippen molar-refractivity contribution in [3.8, 4) is 11.3 Å². The molecule has 5 rings (SSSR count). The molecule has 10 heteroatoms. The number of ether oxygens (including phenoxy) is 1. The minimum Gasteiger partial charge on any atom is -0.376 e. The fourth-order valence-corrected chi connectivity index (χ4v) is 5.40. The molecule has 1 unspecified atom stereocenters. The molecule has 2 amide bonds. The van der Waals surface area contributed by atoms with Crippen molar-refractivity contribution in [2.24, 2.45) is 0 Å². The number of carbonyl (C=O) groups is 2. The first-order chi connectivity index (χ1) is 18.9. The highest BCUT2D eigenvalue weighted by atomic mass is 35.5. The minimum absolute atomic E-state index is 0.0390. The summed E-state index contributed by atoms with van der Waals surface area (Å²) in [5.41, 5.74) is 3.37. The molecule has 0 bridgehead atoms. The third kappa shape index (κ3) is 6.69. The summed E-state index contributed by atoms with van der Waals surface area (Å²) in [7, 11) is 0. The second-order valence-corrected chi connectivity index (χ2v) is 10.8. The number of nitrogens with zero attached hydrogens (tertiary/aromatic N) is 5. The molecule has 39 heavy (non-hydrogen) atoms. The van der Waals surface area contributed by atoms with Crippen molar-refractivity contribution >= 4 is 40.8 Å². The molecule has 0 N–H and O–H groups in total. The number of aromatic nitrogens is 2. The maximum absolute atomic E-state index is 13.4. The molecule has 204 valence electrons. The SMILES string of the molecule is Cc1ccc(-c2ccc(N3CCN(C(=O)CN(CC4CCCO4)C(=O)c4ccc(Cl)cc4Cl)CC3)nn2)cc1. The zero-order valence-electron chi connectivity index (χ0n) is 21.9. The molecule has 2 saturated heterocycles. The molecular formula is C29H31Cl2N5O3. The van der Waals surface area contributed by atoms with E-state index in [0.717, 1.165) is 29.9 Å². The summed E-state index contributed by atoms with van der Waals surface area (Å²) < 4.78 is 5.76. The molecule has 0 spiro atoms. The average Bonchev–Trinajstić information content (AvgIpc) is 3.46. The highest BCUT2D eigenvalue weighted by Gasteiger charge is 2.29. The summed E-state index contributed by atoms with van der Waals surface area (Å²) in [5.74, 6) is 0.375. The molecule has 2 aliphatic heterocycles. The van der Waals surface area contributed by atoms with Crippen molar-refractivity contribution in [2.45, 2.75) is 25.9 Å². The van der Waals surface area contributed by atoms with Gasteiger partial charge in [-0.15, -0.1) is 10.2 Å². The molecule has 2 fully saturated rings. The summed E-state index contributed by atoms with van der Waals surface area (Å²) in [6, 6.07) is 16.9. The van der Waals surface area contributed by atoms with Crippen LogP contribution in [0.3, 0.4) is 0 Å². The molecule has 3 aromatic rings. The number of rotatable bonds is 7. The fraction of sp³-hybridized carbons (Fsp3) is 0.379. The van der Waals surface area contributed by atoms with Crippen LogP contribution in [0.2, 0.25) is 10.0 Å². The minimum atomic E-state index is -0.303. The number of hydrogen-bond donors (Lipinski definition) is 0. The van der Waals surface area contributed by atoms with Gasteiger partial charge >= 0.3 is 0 Å². The van der Waals surface area contributed by atoms with E-state index in [1.807, 2.05) is 24.3 Å². The lowest BCUT2D eigenvalue weighted by atomic mass is 10.1. The van der Waals surface area contributed by atoms with Crippen molar-refractivity contribution in [3.63, 3.8) is 0 Å². The molecule has 8 nitrogen and oxygen atoms in total. The highest BCUT2D eigenvalue weighted by molar-refractivity contribution is 6.36. The molecule has 1 atom stereocenters. The van der Waals surface area contributed by atoms with Gasteiger partial charge in [0.1, 0.15) is 6.54 Å². The Kier molecular flexibility index (Phi) is 8.65. The number of benzene rings is 2. The maximum atomic E-state index is 13.4. The first-order valence-corrected chi connectivity index (χ1v) is 13.9. The first kappa shape index (κ1) is 27.4. The van der Waals surface area contributed by atoms with Crippen LogP contribution in [0.25, 0.3) is 11.3 Å². The molecule has 3 heterocycles.